The molecule has 0 bridgehead atoms. The van der Waals surface area contributed by atoms with E-state index in [1.807, 2.05) is 6.07 Å². The van der Waals surface area contributed by atoms with E-state index in [9.17, 15) is 14.0 Å². The highest BCUT2D eigenvalue weighted by Gasteiger charge is 2.26. The van der Waals surface area contributed by atoms with Crippen LogP contribution in [-0.4, -0.2) is 51.7 Å². The minimum absolute atomic E-state index is 0.175. The molecule has 0 saturated carbocycles. The quantitative estimate of drug-likeness (QED) is 0.661. The molecule has 3 heterocycles. The molecule has 0 radical (unpaired) electrons. The van der Waals surface area contributed by atoms with Crippen LogP contribution in [0.2, 0.25) is 0 Å². The van der Waals surface area contributed by atoms with E-state index >= 15 is 0 Å². The Balaban J connectivity index is 1.53. The van der Waals surface area contributed by atoms with Gasteiger partial charge in [-0.3, -0.25) is 14.5 Å². The molecule has 1 aromatic carbocycles. The number of aromatic nitrogens is 2. The number of carbonyl (C=O) groups excluding carboxylic acids is 1. The molecule has 3 aromatic rings. The lowest BCUT2D eigenvalue weighted by molar-refractivity contribution is 0.0620. The van der Waals surface area contributed by atoms with Crippen LogP contribution >= 0.6 is 11.3 Å². The third-order valence-corrected chi connectivity index (χ3v) is 5.87. The van der Waals surface area contributed by atoms with Crippen molar-refractivity contribution in [2.45, 2.75) is 13.5 Å². The molecular formula is C21H21FN4O2S. The zero-order valence-corrected chi connectivity index (χ0v) is 16.9. The molecule has 4 rings (SSSR count). The zero-order chi connectivity index (χ0) is 20.4. The van der Waals surface area contributed by atoms with Crippen molar-refractivity contribution in [3.8, 4) is 5.69 Å². The van der Waals surface area contributed by atoms with Crippen LogP contribution < -0.4 is 5.43 Å². The molecule has 8 heteroatoms. The van der Waals surface area contributed by atoms with Gasteiger partial charge < -0.3 is 4.90 Å². The van der Waals surface area contributed by atoms with Crippen LogP contribution in [0.15, 0.2) is 52.6 Å². The molecule has 0 N–H and O–H groups in total. The monoisotopic (exact) mass is 412 g/mol. The van der Waals surface area contributed by atoms with Crippen molar-refractivity contribution in [3.63, 3.8) is 0 Å². The number of aryl methyl sites for hydroxylation is 1. The molecule has 0 atom stereocenters. The van der Waals surface area contributed by atoms with E-state index in [-0.39, 0.29) is 11.4 Å². The molecule has 0 unspecified atom stereocenters. The van der Waals surface area contributed by atoms with Crippen molar-refractivity contribution in [3.05, 3.63) is 80.2 Å². The van der Waals surface area contributed by atoms with E-state index in [2.05, 4.69) is 21.4 Å². The van der Waals surface area contributed by atoms with Crippen LogP contribution in [0.4, 0.5) is 4.39 Å². The van der Waals surface area contributed by atoms with Crippen molar-refractivity contribution >= 4 is 17.2 Å². The molecular weight excluding hydrogens is 391 g/mol. The van der Waals surface area contributed by atoms with Gasteiger partial charge in [0.2, 0.25) is 5.43 Å². The number of thiophene rings is 1. The Hall–Kier alpha value is -2.84. The van der Waals surface area contributed by atoms with Crippen molar-refractivity contribution < 1.29 is 9.18 Å². The highest BCUT2D eigenvalue weighted by molar-refractivity contribution is 7.09. The first kappa shape index (κ1) is 19.5. The van der Waals surface area contributed by atoms with Gasteiger partial charge in [0.15, 0.2) is 5.69 Å². The fourth-order valence-electron chi connectivity index (χ4n) is 3.44. The Morgan fingerprint density at radius 2 is 1.90 bits per heavy atom. The molecule has 1 aliphatic heterocycles. The fraction of sp³-hybridized carbons (Fsp3) is 0.286. The molecule has 29 heavy (non-hydrogen) atoms. The summed E-state index contributed by atoms with van der Waals surface area (Å²) in [4.78, 5) is 30.6. The Morgan fingerprint density at radius 1 is 1.14 bits per heavy atom. The number of hydrogen-bond donors (Lipinski definition) is 0. The van der Waals surface area contributed by atoms with E-state index in [0.29, 0.717) is 18.8 Å². The van der Waals surface area contributed by atoms with Gasteiger partial charge in [-0.2, -0.15) is 5.10 Å². The zero-order valence-electron chi connectivity index (χ0n) is 16.0. The van der Waals surface area contributed by atoms with E-state index in [1.54, 1.807) is 41.4 Å². The van der Waals surface area contributed by atoms with Gasteiger partial charge in [0.25, 0.3) is 5.91 Å². The molecule has 1 fully saturated rings. The second-order valence-corrected chi connectivity index (χ2v) is 8.04. The molecule has 1 saturated heterocycles. The lowest BCUT2D eigenvalue weighted by Crippen LogP contribution is -2.49. The highest BCUT2D eigenvalue weighted by atomic mass is 32.1. The molecule has 6 nitrogen and oxygen atoms in total. The predicted octanol–water partition coefficient (Wildman–Crippen LogP) is 2.70. The number of nitrogens with zero attached hydrogens (tertiary/aromatic N) is 4. The number of amides is 1. The van der Waals surface area contributed by atoms with Gasteiger partial charge in [0.1, 0.15) is 11.5 Å². The maximum Gasteiger partial charge on any atom is 0.278 e. The normalized spacial score (nSPS) is 14.9. The summed E-state index contributed by atoms with van der Waals surface area (Å²) in [6.45, 7) is 5.05. The number of halogens is 1. The molecule has 0 aliphatic carbocycles. The van der Waals surface area contributed by atoms with Crippen molar-refractivity contribution in [1.29, 1.82) is 0 Å². The molecule has 1 amide bonds. The van der Waals surface area contributed by atoms with Gasteiger partial charge in [-0.15, -0.1) is 11.3 Å². The second kappa shape index (κ2) is 8.26. The van der Waals surface area contributed by atoms with Crippen molar-refractivity contribution in [2.75, 3.05) is 26.2 Å². The maximum absolute atomic E-state index is 14.2. The Bertz CT molecular complexity index is 1070. The van der Waals surface area contributed by atoms with Gasteiger partial charge >= 0.3 is 0 Å². The van der Waals surface area contributed by atoms with Crippen LogP contribution in [0.25, 0.3) is 5.69 Å². The number of rotatable bonds is 4. The van der Waals surface area contributed by atoms with E-state index < -0.39 is 17.2 Å². The van der Waals surface area contributed by atoms with E-state index in [4.69, 9.17) is 0 Å². The molecule has 2 aromatic heterocycles. The minimum atomic E-state index is -0.465. The summed E-state index contributed by atoms with van der Waals surface area (Å²) in [7, 11) is 0. The van der Waals surface area contributed by atoms with E-state index in [1.165, 1.54) is 21.7 Å². The van der Waals surface area contributed by atoms with Gasteiger partial charge in [-0.25, -0.2) is 9.07 Å². The van der Waals surface area contributed by atoms with Crippen LogP contribution in [0.1, 0.15) is 21.1 Å². The van der Waals surface area contributed by atoms with Gasteiger partial charge in [-0.1, -0.05) is 18.2 Å². The lowest BCUT2D eigenvalue weighted by atomic mass is 10.2. The van der Waals surface area contributed by atoms with Crippen LogP contribution in [-0.2, 0) is 6.54 Å². The molecule has 1 aliphatic rings. The third kappa shape index (κ3) is 4.13. The summed E-state index contributed by atoms with van der Waals surface area (Å²) in [6, 6.07) is 11.6. The molecule has 0 spiro atoms. The number of carbonyl (C=O) groups is 1. The Labute approximate surface area is 171 Å². The standard InChI is InChI=1S/C21H21FN4O2S/c1-15-13-19(27)20(23-26(15)18-7-3-2-6-17(18)22)21(28)25-10-8-24(9-11-25)14-16-5-4-12-29-16/h2-7,12-13H,8-11,14H2,1H3. The van der Waals surface area contributed by atoms with Gasteiger partial charge in [0.05, 0.1) is 0 Å². The summed E-state index contributed by atoms with van der Waals surface area (Å²) in [5.74, 6) is -0.872. The third-order valence-electron chi connectivity index (χ3n) is 5.01. The second-order valence-electron chi connectivity index (χ2n) is 7.01. The maximum atomic E-state index is 14.2. The number of piperazine rings is 1. The first-order chi connectivity index (χ1) is 14.0. The summed E-state index contributed by atoms with van der Waals surface area (Å²) in [5.41, 5.74) is 0.0592. The predicted molar refractivity (Wildman–Crippen MR) is 110 cm³/mol. The van der Waals surface area contributed by atoms with Crippen molar-refractivity contribution in [2.24, 2.45) is 0 Å². The van der Waals surface area contributed by atoms with Gasteiger partial charge in [-0.05, 0) is 30.5 Å². The van der Waals surface area contributed by atoms with Crippen molar-refractivity contribution in [1.82, 2.24) is 19.6 Å². The smallest absolute Gasteiger partial charge is 0.278 e. The first-order valence-corrected chi connectivity index (χ1v) is 10.3. The summed E-state index contributed by atoms with van der Waals surface area (Å²) in [6.07, 6.45) is 0. The summed E-state index contributed by atoms with van der Waals surface area (Å²) in [5, 5.41) is 6.27. The van der Waals surface area contributed by atoms with Crippen LogP contribution in [0, 0.1) is 12.7 Å². The molecule has 150 valence electrons. The largest absolute Gasteiger partial charge is 0.335 e. The highest BCUT2D eigenvalue weighted by Crippen LogP contribution is 2.16. The average Bonchev–Trinajstić information content (AvgIpc) is 3.22. The Morgan fingerprint density at radius 3 is 2.59 bits per heavy atom. The number of hydrogen-bond acceptors (Lipinski definition) is 5. The van der Waals surface area contributed by atoms with E-state index in [0.717, 1.165) is 19.6 Å². The summed E-state index contributed by atoms with van der Waals surface area (Å²) < 4.78 is 15.5. The topological polar surface area (TPSA) is 58.4 Å². The first-order valence-electron chi connectivity index (χ1n) is 9.43. The number of para-hydroxylation sites is 1. The lowest BCUT2D eigenvalue weighted by Gasteiger charge is -2.34. The van der Waals surface area contributed by atoms with Crippen LogP contribution in [0.3, 0.4) is 0 Å². The minimum Gasteiger partial charge on any atom is -0.335 e. The fourth-order valence-corrected chi connectivity index (χ4v) is 4.19. The Kier molecular flexibility index (Phi) is 5.55. The summed E-state index contributed by atoms with van der Waals surface area (Å²) >= 11 is 1.72. The average molecular weight is 412 g/mol. The van der Waals surface area contributed by atoms with Gasteiger partial charge in [0, 0.05) is 49.4 Å². The van der Waals surface area contributed by atoms with Crippen LogP contribution in [0.5, 0.6) is 0 Å². The number of benzene rings is 1. The SMILES string of the molecule is Cc1cc(=O)c(C(=O)N2CCN(Cc3cccs3)CC2)nn1-c1ccccc1F.